The lowest BCUT2D eigenvalue weighted by atomic mass is 9.70. The molecule has 3 aliphatic rings. The zero-order chi connectivity index (χ0) is 24.2. The number of unbranched alkanes of at least 4 members (excludes halogenated alkanes) is 5. The van der Waals surface area contributed by atoms with E-state index in [1.165, 1.54) is 0 Å². The molecule has 0 radical (unpaired) electrons. The second-order valence-corrected chi connectivity index (χ2v) is 10.6. The minimum Gasteiger partial charge on any atom is -0.481 e. The molecule has 0 aromatic rings. The maximum atomic E-state index is 13.9. The minimum atomic E-state index is -1.12. The van der Waals surface area contributed by atoms with Gasteiger partial charge in [0.1, 0.15) is 11.6 Å². The van der Waals surface area contributed by atoms with Gasteiger partial charge < -0.3 is 24.7 Å². The predicted octanol–water partition coefficient (Wildman–Crippen LogP) is 2.58. The Kier molecular flexibility index (Phi) is 8.97. The Labute approximate surface area is 204 Å². The number of carbonyl (C=O) groups is 3. The third-order valence-corrected chi connectivity index (χ3v) is 8.15. The summed E-state index contributed by atoms with van der Waals surface area (Å²) in [4.78, 5) is 42.8. The van der Waals surface area contributed by atoms with Gasteiger partial charge in [0.05, 0.1) is 17.9 Å². The lowest BCUT2D eigenvalue weighted by Crippen LogP contribution is -2.57. The van der Waals surface area contributed by atoms with Crippen LogP contribution in [0.15, 0.2) is 12.7 Å². The molecule has 3 heterocycles. The van der Waals surface area contributed by atoms with E-state index in [2.05, 4.69) is 29.4 Å². The largest absolute Gasteiger partial charge is 0.481 e. The molecule has 2 amide bonds. The molecule has 3 unspecified atom stereocenters. The first-order chi connectivity index (χ1) is 15.8. The van der Waals surface area contributed by atoms with Crippen molar-refractivity contribution in [2.75, 3.05) is 26.2 Å². The minimum absolute atomic E-state index is 0.130. The number of nitrogens with zero attached hydrogens (tertiary/aromatic N) is 2. The highest BCUT2D eigenvalue weighted by molar-refractivity contribution is 9.09. The molecule has 6 atom stereocenters. The van der Waals surface area contributed by atoms with Crippen LogP contribution >= 0.6 is 15.9 Å². The standard InChI is InChI=1S/C24H37BrN2O6/c1-3-5-8-12-26(11-4-2)22(30)20-24-15-16(25)19(33-24)17(23(31)32)18(24)21(29)27(20)13-9-6-7-10-14-28/h4,16-20,28H,2-3,5-15H2,1H3,(H,31,32)/t16?,17-,18-,19-,20?,24?/m0/s1. The van der Waals surface area contributed by atoms with Gasteiger partial charge in [0.2, 0.25) is 11.8 Å². The maximum Gasteiger partial charge on any atom is 0.310 e. The quantitative estimate of drug-likeness (QED) is 0.204. The molecule has 0 saturated carbocycles. The first kappa shape index (κ1) is 26.2. The summed E-state index contributed by atoms with van der Waals surface area (Å²) in [6.07, 6.45) is 7.44. The summed E-state index contributed by atoms with van der Waals surface area (Å²) in [6, 6.07) is -0.830. The Morgan fingerprint density at radius 2 is 2.00 bits per heavy atom. The van der Waals surface area contributed by atoms with Gasteiger partial charge in [0, 0.05) is 31.1 Å². The highest BCUT2D eigenvalue weighted by Crippen LogP contribution is 2.60. The Morgan fingerprint density at radius 1 is 1.27 bits per heavy atom. The van der Waals surface area contributed by atoms with Crippen molar-refractivity contribution in [2.24, 2.45) is 11.8 Å². The van der Waals surface area contributed by atoms with E-state index in [1.807, 2.05) is 0 Å². The number of aliphatic hydroxyl groups excluding tert-OH is 1. The van der Waals surface area contributed by atoms with Crippen LogP contribution in [0.25, 0.3) is 0 Å². The number of fused-ring (bicyclic) bond motifs is 1. The lowest BCUT2D eigenvalue weighted by molar-refractivity contribution is -0.150. The molecule has 3 aliphatic heterocycles. The van der Waals surface area contributed by atoms with Crippen molar-refractivity contribution in [3.05, 3.63) is 12.7 Å². The van der Waals surface area contributed by atoms with Crippen LogP contribution in [0.4, 0.5) is 0 Å². The van der Waals surface area contributed by atoms with E-state index < -0.39 is 35.6 Å². The fourth-order valence-electron chi connectivity index (χ4n) is 5.85. The molecule has 3 fully saturated rings. The van der Waals surface area contributed by atoms with Crippen LogP contribution in [0.5, 0.6) is 0 Å². The Hall–Kier alpha value is -1.45. The first-order valence-electron chi connectivity index (χ1n) is 12.2. The average Bonchev–Trinajstić information content (AvgIpc) is 3.36. The molecular formula is C24H37BrN2O6. The smallest absolute Gasteiger partial charge is 0.310 e. The van der Waals surface area contributed by atoms with Crippen molar-refractivity contribution in [2.45, 2.75) is 80.9 Å². The van der Waals surface area contributed by atoms with Crippen LogP contribution in [-0.2, 0) is 19.1 Å². The van der Waals surface area contributed by atoms with Crippen LogP contribution in [0.1, 0.15) is 58.3 Å². The van der Waals surface area contributed by atoms with E-state index >= 15 is 0 Å². The molecule has 8 nitrogen and oxygen atoms in total. The number of rotatable bonds is 14. The van der Waals surface area contributed by atoms with E-state index in [4.69, 9.17) is 9.84 Å². The number of carbonyl (C=O) groups excluding carboxylic acids is 2. The molecule has 0 aromatic heterocycles. The van der Waals surface area contributed by atoms with Gasteiger partial charge in [0.25, 0.3) is 0 Å². The molecule has 1 spiro atoms. The van der Waals surface area contributed by atoms with Crippen molar-refractivity contribution in [3.8, 4) is 0 Å². The molecule has 9 heteroatoms. The summed E-state index contributed by atoms with van der Waals surface area (Å²) < 4.78 is 6.31. The van der Waals surface area contributed by atoms with E-state index in [0.29, 0.717) is 38.9 Å². The number of ether oxygens (including phenoxy) is 1. The van der Waals surface area contributed by atoms with Gasteiger partial charge in [-0.3, -0.25) is 14.4 Å². The van der Waals surface area contributed by atoms with Crippen LogP contribution in [0, 0.1) is 11.8 Å². The molecule has 2 N–H and O–H groups in total. The van der Waals surface area contributed by atoms with Crippen molar-refractivity contribution >= 4 is 33.7 Å². The maximum absolute atomic E-state index is 13.9. The number of amides is 2. The monoisotopic (exact) mass is 528 g/mol. The number of carboxylic acid groups (broad SMARTS) is 1. The molecule has 0 aliphatic carbocycles. The van der Waals surface area contributed by atoms with E-state index in [0.717, 1.165) is 32.1 Å². The van der Waals surface area contributed by atoms with E-state index in [9.17, 15) is 19.5 Å². The fraction of sp³-hybridized carbons (Fsp3) is 0.792. The predicted molar refractivity (Wildman–Crippen MR) is 127 cm³/mol. The van der Waals surface area contributed by atoms with Gasteiger partial charge in [-0.2, -0.15) is 0 Å². The normalized spacial score (nSPS) is 32.3. The van der Waals surface area contributed by atoms with Gasteiger partial charge in [-0.05, 0) is 25.7 Å². The van der Waals surface area contributed by atoms with Crippen LogP contribution in [0.2, 0.25) is 0 Å². The van der Waals surface area contributed by atoms with Crippen LogP contribution in [0.3, 0.4) is 0 Å². The van der Waals surface area contributed by atoms with E-state index in [-0.39, 0.29) is 23.2 Å². The number of alkyl halides is 1. The lowest BCUT2D eigenvalue weighted by Gasteiger charge is -2.37. The van der Waals surface area contributed by atoms with Gasteiger partial charge >= 0.3 is 5.97 Å². The summed E-state index contributed by atoms with van der Waals surface area (Å²) in [6.45, 7) is 7.35. The van der Waals surface area contributed by atoms with Gasteiger partial charge in [-0.1, -0.05) is 54.6 Å². The van der Waals surface area contributed by atoms with Gasteiger partial charge in [-0.15, -0.1) is 6.58 Å². The number of halogens is 1. The van der Waals surface area contributed by atoms with Gasteiger partial charge in [-0.25, -0.2) is 0 Å². The zero-order valence-corrected chi connectivity index (χ0v) is 21.0. The molecule has 3 rings (SSSR count). The second kappa shape index (κ2) is 11.3. The number of hydrogen-bond acceptors (Lipinski definition) is 5. The fourth-order valence-corrected chi connectivity index (χ4v) is 6.79. The average molecular weight is 529 g/mol. The first-order valence-corrected chi connectivity index (χ1v) is 13.1. The summed E-state index contributed by atoms with van der Waals surface area (Å²) in [5.74, 6) is -3.31. The van der Waals surface area contributed by atoms with E-state index in [1.54, 1.807) is 15.9 Å². The summed E-state index contributed by atoms with van der Waals surface area (Å²) in [7, 11) is 0. The summed E-state index contributed by atoms with van der Waals surface area (Å²) in [5.41, 5.74) is -1.12. The Morgan fingerprint density at radius 3 is 2.64 bits per heavy atom. The highest BCUT2D eigenvalue weighted by Gasteiger charge is 2.76. The van der Waals surface area contributed by atoms with Crippen molar-refractivity contribution in [1.82, 2.24) is 9.80 Å². The number of aliphatic carboxylic acids is 1. The summed E-state index contributed by atoms with van der Waals surface area (Å²) >= 11 is 3.57. The Bertz CT molecular complexity index is 748. The molecular weight excluding hydrogens is 492 g/mol. The van der Waals surface area contributed by atoms with Crippen LogP contribution in [-0.4, -0.2) is 86.6 Å². The molecule has 33 heavy (non-hydrogen) atoms. The van der Waals surface area contributed by atoms with Gasteiger partial charge in [0.15, 0.2) is 0 Å². The molecule has 3 saturated heterocycles. The number of hydrogen-bond donors (Lipinski definition) is 2. The molecule has 186 valence electrons. The highest BCUT2D eigenvalue weighted by atomic mass is 79.9. The molecule has 0 aromatic carbocycles. The van der Waals surface area contributed by atoms with Crippen molar-refractivity contribution in [3.63, 3.8) is 0 Å². The van der Waals surface area contributed by atoms with Crippen molar-refractivity contribution in [1.29, 1.82) is 0 Å². The third-order valence-electron chi connectivity index (χ3n) is 7.31. The zero-order valence-electron chi connectivity index (χ0n) is 19.5. The number of likely N-dealkylation sites (tertiary alicyclic amines) is 1. The number of aliphatic hydroxyl groups is 1. The Balaban J connectivity index is 1.91. The van der Waals surface area contributed by atoms with Crippen molar-refractivity contribution < 1.29 is 29.3 Å². The SMILES string of the molecule is C=CCN(CCCCC)C(=O)C1N(CCCCCCO)C(=O)[C@@H]2[C@H](C(=O)O)[C@H]3OC12CC3Br. The number of carboxylic acids is 1. The summed E-state index contributed by atoms with van der Waals surface area (Å²) in [5, 5.41) is 19.0. The molecule has 2 bridgehead atoms. The second-order valence-electron chi connectivity index (χ2n) is 9.45. The third kappa shape index (κ3) is 4.86. The van der Waals surface area contributed by atoms with Crippen LogP contribution < -0.4 is 0 Å². The topological polar surface area (TPSA) is 107 Å².